The Morgan fingerprint density at radius 3 is 3.20 bits per heavy atom. The molecule has 1 aromatic heterocycles. The summed E-state index contributed by atoms with van der Waals surface area (Å²) in [6.07, 6.45) is 0.189. The maximum absolute atomic E-state index is 8.96. The van der Waals surface area contributed by atoms with E-state index in [1.54, 1.807) is 0 Å². The fourth-order valence-electron chi connectivity index (χ4n) is 1.62. The standard InChI is InChI=1S/C9H12N4OS/c1-6-5-13(2-3-14-6)9-7(4-10)8(11)12-15-9/h6H,2-3,5H2,1H3,(H2,11,12). The summed E-state index contributed by atoms with van der Waals surface area (Å²) in [5.41, 5.74) is 6.11. The molecule has 2 heterocycles. The maximum atomic E-state index is 8.96. The van der Waals surface area contributed by atoms with Gasteiger partial charge in [-0.3, -0.25) is 0 Å². The van der Waals surface area contributed by atoms with Crippen LogP contribution in [0.4, 0.5) is 10.8 Å². The number of hydrogen-bond acceptors (Lipinski definition) is 6. The van der Waals surface area contributed by atoms with E-state index >= 15 is 0 Å². The van der Waals surface area contributed by atoms with E-state index < -0.39 is 0 Å². The Balaban J connectivity index is 2.25. The van der Waals surface area contributed by atoms with Crippen LogP contribution in [0.1, 0.15) is 12.5 Å². The van der Waals surface area contributed by atoms with Gasteiger partial charge in [0.2, 0.25) is 0 Å². The van der Waals surface area contributed by atoms with Crippen LogP contribution in [0.15, 0.2) is 0 Å². The molecule has 0 radical (unpaired) electrons. The second-order valence-corrected chi connectivity index (χ2v) is 4.24. The van der Waals surface area contributed by atoms with Crippen LogP contribution >= 0.6 is 11.5 Å². The molecule has 5 nitrogen and oxygen atoms in total. The number of ether oxygens (including phenoxy) is 1. The van der Waals surface area contributed by atoms with Gasteiger partial charge in [0.25, 0.3) is 0 Å². The second kappa shape index (κ2) is 4.04. The number of nitriles is 1. The van der Waals surface area contributed by atoms with Crippen molar-refractivity contribution in [2.45, 2.75) is 13.0 Å². The molecule has 1 atom stereocenters. The third-order valence-corrected chi connectivity index (χ3v) is 3.26. The molecular formula is C9H12N4OS. The van der Waals surface area contributed by atoms with E-state index in [2.05, 4.69) is 15.3 Å². The van der Waals surface area contributed by atoms with E-state index in [0.717, 1.165) is 18.1 Å². The first-order chi connectivity index (χ1) is 7.22. The lowest BCUT2D eigenvalue weighted by atomic mass is 10.2. The molecule has 2 rings (SSSR count). The molecule has 1 aromatic rings. The third-order valence-electron chi connectivity index (χ3n) is 2.34. The molecule has 1 aliphatic rings. The molecule has 6 heteroatoms. The fourth-order valence-corrected chi connectivity index (χ4v) is 2.42. The molecule has 1 saturated heterocycles. The highest BCUT2D eigenvalue weighted by Crippen LogP contribution is 2.30. The molecular weight excluding hydrogens is 212 g/mol. The van der Waals surface area contributed by atoms with Gasteiger partial charge in [0, 0.05) is 13.1 Å². The predicted molar refractivity (Wildman–Crippen MR) is 58.9 cm³/mol. The molecule has 0 amide bonds. The number of anilines is 2. The normalized spacial score (nSPS) is 21.3. The fraction of sp³-hybridized carbons (Fsp3) is 0.556. The van der Waals surface area contributed by atoms with Crippen LogP contribution in [-0.2, 0) is 4.74 Å². The van der Waals surface area contributed by atoms with Crippen molar-refractivity contribution in [3.05, 3.63) is 5.56 Å². The van der Waals surface area contributed by atoms with E-state index in [0.29, 0.717) is 18.0 Å². The summed E-state index contributed by atoms with van der Waals surface area (Å²) in [6.45, 7) is 4.28. The van der Waals surface area contributed by atoms with E-state index in [1.807, 2.05) is 6.92 Å². The Hall–Kier alpha value is -1.32. The minimum absolute atomic E-state index is 0.189. The molecule has 0 aliphatic carbocycles. The van der Waals surface area contributed by atoms with Crippen LogP contribution in [-0.4, -0.2) is 30.2 Å². The Morgan fingerprint density at radius 1 is 1.73 bits per heavy atom. The Kier molecular flexibility index (Phi) is 2.75. The van der Waals surface area contributed by atoms with Gasteiger partial charge >= 0.3 is 0 Å². The molecule has 1 aliphatic heterocycles. The average Bonchev–Trinajstić information content (AvgIpc) is 2.59. The molecule has 1 fully saturated rings. The molecule has 0 aromatic carbocycles. The average molecular weight is 224 g/mol. The highest BCUT2D eigenvalue weighted by Gasteiger charge is 2.22. The van der Waals surface area contributed by atoms with Crippen molar-refractivity contribution in [2.24, 2.45) is 0 Å². The largest absolute Gasteiger partial charge is 0.382 e. The lowest BCUT2D eigenvalue weighted by molar-refractivity contribution is 0.0534. The van der Waals surface area contributed by atoms with Crippen molar-refractivity contribution in [1.82, 2.24) is 4.37 Å². The highest BCUT2D eigenvalue weighted by molar-refractivity contribution is 7.10. The van der Waals surface area contributed by atoms with Gasteiger partial charge in [0.05, 0.1) is 12.7 Å². The SMILES string of the molecule is CC1CN(c2snc(N)c2C#N)CCO1. The Labute approximate surface area is 92.2 Å². The highest BCUT2D eigenvalue weighted by atomic mass is 32.1. The topological polar surface area (TPSA) is 75.2 Å². The summed E-state index contributed by atoms with van der Waals surface area (Å²) >= 11 is 1.28. The summed E-state index contributed by atoms with van der Waals surface area (Å²) in [4.78, 5) is 2.11. The number of hydrogen-bond donors (Lipinski definition) is 1. The summed E-state index contributed by atoms with van der Waals surface area (Å²) in [7, 11) is 0. The summed E-state index contributed by atoms with van der Waals surface area (Å²) < 4.78 is 9.44. The van der Waals surface area contributed by atoms with Crippen LogP contribution in [0.25, 0.3) is 0 Å². The van der Waals surface area contributed by atoms with E-state index in [-0.39, 0.29) is 6.10 Å². The first-order valence-electron chi connectivity index (χ1n) is 4.74. The number of morpholine rings is 1. The van der Waals surface area contributed by atoms with Crippen molar-refractivity contribution in [1.29, 1.82) is 5.26 Å². The molecule has 0 spiro atoms. The number of nitrogen functional groups attached to an aromatic ring is 1. The van der Waals surface area contributed by atoms with Crippen LogP contribution in [0.2, 0.25) is 0 Å². The zero-order valence-corrected chi connectivity index (χ0v) is 9.25. The third kappa shape index (κ3) is 1.89. The molecule has 0 bridgehead atoms. The van der Waals surface area contributed by atoms with Gasteiger partial charge in [0.15, 0.2) is 5.82 Å². The minimum Gasteiger partial charge on any atom is -0.382 e. The maximum Gasteiger partial charge on any atom is 0.157 e. The van der Waals surface area contributed by atoms with Crippen molar-refractivity contribution >= 4 is 22.4 Å². The van der Waals surface area contributed by atoms with Crippen LogP contribution in [0.5, 0.6) is 0 Å². The lowest BCUT2D eigenvalue weighted by Crippen LogP contribution is -2.41. The molecule has 80 valence electrons. The summed E-state index contributed by atoms with van der Waals surface area (Å²) in [5, 5.41) is 9.83. The van der Waals surface area contributed by atoms with Gasteiger partial charge in [-0.15, -0.1) is 0 Å². The van der Waals surface area contributed by atoms with E-state index in [9.17, 15) is 0 Å². The van der Waals surface area contributed by atoms with Crippen molar-refractivity contribution in [3.8, 4) is 6.07 Å². The molecule has 2 N–H and O–H groups in total. The zero-order chi connectivity index (χ0) is 10.8. The van der Waals surface area contributed by atoms with Crippen LogP contribution in [0, 0.1) is 11.3 Å². The smallest absolute Gasteiger partial charge is 0.157 e. The number of aromatic nitrogens is 1. The number of nitrogens with zero attached hydrogens (tertiary/aromatic N) is 3. The number of nitrogens with two attached hydrogens (primary N) is 1. The van der Waals surface area contributed by atoms with Gasteiger partial charge in [-0.1, -0.05) is 0 Å². The Morgan fingerprint density at radius 2 is 2.53 bits per heavy atom. The Bertz CT molecular complexity index is 397. The van der Waals surface area contributed by atoms with Crippen molar-refractivity contribution < 1.29 is 4.74 Å². The lowest BCUT2D eigenvalue weighted by Gasteiger charge is -2.31. The zero-order valence-electron chi connectivity index (χ0n) is 8.43. The first kappa shape index (κ1) is 10.2. The molecule has 15 heavy (non-hydrogen) atoms. The second-order valence-electron chi connectivity index (χ2n) is 3.49. The van der Waals surface area contributed by atoms with Crippen LogP contribution in [0.3, 0.4) is 0 Å². The van der Waals surface area contributed by atoms with Crippen molar-refractivity contribution in [2.75, 3.05) is 30.3 Å². The van der Waals surface area contributed by atoms with Gasteiger partial charge < -0.3 is 15.4 Å². The van der Waals surface area contributed by atoms with Crippen molar-refractivity contribution in [3.63, 3.8) is 0 Å². The first-order valence-corrected chi connectivity index (χ1v) is 5.51. The van der Waals surface area contributed by atoms with Gasteiger partial charge in [-0.05, 0) is 18.5 Å². The van der Waals surface area contributed by atoms with Gasteiger partial charge in [0.1, 0.15) is 16.6 Å². The van der Waals surface area contributed by atoms with E-state index in [1.165, 1.54) is 11.5 Å². The van der Waals surface area contributed by atoms with E-state index in [4.69, 9.17) is 15.7 Å². The summed E-state index contributed by atoms with van der Waals surface area (Å²) in [6, 6.07) is 2.10. The molecule has 0 saturated carbocycles. The minimum atomic E-state index is 0.189. The summed E-state index contributed by atoms with van der Waals surface area (Å²) in [5.74, 6) is 0.330. The number of rotatable bonds is 1. The predicted octanol–water partition coefficient (Wildman–Crippen LogP) is 0.822. The van der Waals surface area contributed by atoms with Gasteiger partial charge in [-0.25, -0.2) is 0 Å². The monoisotopic (exact) mass is 224 g/mol. The van der Waals surface area contributed by atoms with Gasteiger partial charge in [-0.2, -0.15) is 9.64 Å². The quantitative estimate of drug-likeness (QED) is 0.764. The van der Waals surface area contributed by atoms with Crippen LogP contribution < -0.4 is 10.6 Å². The molecule has 1 unspecified atom stereocenters.